The lowest BCUT2D eigenvalue weighted by Crippen LogP contribution is -2.30. The second-order valence-electron chi connectivity index (χ2n) is 18.8. The number of carbonyl (C=O) groups excluding carboxylic acids is 3. The Morgan fingerprint density at radius 3 is 0.971 bits per heavy atom. The Hall–Kier alpha value is -3.67. The molecule has 6 nitrogen and oxygen atoms in total. The zero-order chi connectivity index (χ0) is 50.0. The lowest BCUT2D eigenvalue weighted by molar-refractivity contribution is -0.166. The molecule has 0 aromatic carbocycles. The quantitative estimate of drug-likeness (QED) is 0.0262. The SMILES string of the molecule is CC/C=C\C/C=C\C/C=C\C/C=C\CCC(=O)OC(COC(=O)CCCCC/C=C\C/C=C\C/C=C\CC)COC(=O)CCCCCCCCCCCCCCC/C=C\CCCCCCCCCC. The molecule has 0 saturated carbocycles. The van der Waals surface area contributed by atoms with E-state index in [1.54, 1.807) is 0 Å². The second kappa shape index (κ2) is 56.9. The highest BCUT2D eigenvalue weighted by molar-refractivity contribution is 5.71. The van der Waals surface area contributed by atoms with Crippen LogP contribution in [0, 0.1) is 0 Å². The predicted molar refractivity (Wildman–Crippen MR) is 297 cm³/mol. The van der Waals surface area contributed by atoms with E-state index in [1.165, 1.54) is 128 Å². The minimum Gasteiger partial charge on any atom is -0.462 e. The lowest BCUT2D eigenvalue weighted by Gasteiger charge is -2.18. The molecule has 1 atom stereocenters. The molecule has 0 saturated heterocycles. The van der Waals surface area contributed by atoms with E-state index in [0.717, 1.165) is 89.9 Å². The van der Waals surface area contributed by atoms with Crippen molar-refractivity contribution >= 4 is 17.9 Å². The highest BCUT2D eigenvalue weighted by Gasteiger charge is 2.19. The van der Waals surface area contributed by atoms with Crippen molar-refractivity contribution in [1.82, 2.24) is 0 Å². The summed E-state index contributed by atoms with van der Waals surface area (Å²) in [7, 11) is 0. The van der Waals surface area contributed by atoms with Crippen LogP contribution in [0.2, 0.25) is 0 Å². The summed E-state index contributed by atoms with van der Waals surface area (Å²) in [5.74, 6) is -1.03. The van der Waals surface area contributed by atoms with Crippen molar-refractivity contribution in [3.63, 3.8) is 0 Å². The monoisotopic (exact) mass is 959 g/mol. The maximum Gasteiger partial charge on any atom is 0.306 e. The lowest BCUT2D eigenvalue weighted by atomic mass is 10.0. The molecule has 0 aliphatic heterocycles. The molecule has 69 heavy (non-hydrogen) atoms. The fourth-order valence-electron chi connectivity index (χ4n) is 7.82. The van der Waals surface area contributed by atoms with Gasteiger partial charge in [0.05, 0.1) is 0 Å². The van der Waals surface area contributed by atoms with Gasteiger partial charge in [0.2, 0.25) is 0 Å². The van der Waals surface area contributed by atoms with Crippen LogP contribution in [0.15, 0.2) is 97.2 Å². The van der Waals surface area contributed by atoms with Crippen LogP contribution in [-0.2, 0) is 28.6 Å². The summed E-state index contributed by atoms with van der Waals surface area (Å²) in [6.07, 6.45) is 75.8. The second-order valence-corrected chi connectivity index (χ2v) is 18.8. The van der Waals surface area contributed by atoms with Crippen molar-refractivity contribution < 1.29 is 28.6 Å². The van der Waals surface area contributed by atoms with E-state index in [2.05, 4.69) is 106 Å². The smallest absolute Gasteiger partial charge is 0.306 e. The van der Waals surface area contributed by atoms with Crippen LogP contribution in [0.25, 0.3) is 0 Å². The Bertz CT molecular complexity index is 1380. The van der Waals surface area contributed by atoms with Crippen LogP contribution < -0.4 is 0 Å². The van der Waals surface area contributed by atoms with Gasteiger partial charge in [-0.05, 0) is 103 Å². The normalized spacial score (nSPS) is 12.8. The summed E-state index contributed by atoms with van der Waals surface area (Å²) < 4.78 is 16.7. The number of rotatable bonds is 51. The van der Waals surface area contributed by atoms with Crippen molar-refractivity contribution in [2.75, 3.05) is 13.2 Å². The van der Waals surface area contributed by atoms with Gasteiger partial charge >= 0.3 is 17.9 Å². The van der Waals surface area contributed by atoms with Gasteiger partial charge in [0, 0.05) is 19.3 Å². The van der Waals surface area contributed by atoms with Gasteiger partial charge in [-0.15, -0.1) is 0 Å². The molecule has 0 rings (SSSR count). The van der Waals surface area contributed by atoms with Crippen LogP contribution in [-0.4, -0.2) is 37.2 Å². The van der Waals surface area contributed by atoms with E-state index < -0.39 is 12.1 Å². The number of hydrogen-bond acceptors (Lipinski definition) is 6. The Kier molecular flexibility index (Phi) is 53.9. The fourth-order valence-corrected chi connectivity index (χ4v) is 7.82. The fraction of sp³-hybridized carbons (Fsp3) is 0.698. The molecule has 1 unspecified atom stereocenters. The Morgan fingerprint density at radius 1 is 0.304 bits per heavy atom. The predicted octanol–water partition coefficient (Wildman–Crippen LogP) is 19.3. The minimum absolute atomic E-state index is 0.116. The molecule has 0 bridgehead atoms. The molecule has 6 heteroatoms. The summed E-state index contributed by atoms with van der Waals surface area (Å²) in [5.41, 5.74) is 0. The molecular weight excluding hydrogens is 853 g/mol. The summed E-state index contributed by atoms with van der Waals surface area (Å²) in [4.78, 5) is 38.0. The molecule has 0 aromatic rings. The average molecular weight is 960 g/mol. The first-order valence-corrected chi connectivity index (χ1v) is 28.7. The van der Waals surface area contributed by atoms with Crippen molar-refractivity contribution in [3.8, 4) is 0 Å². The van der Waals surface area contributed by atoms with E-state index in [-0.39, 0.29) is 31.6 Å². The molecule has 0 aliphatic rings. The first-order valence-electron chi connectivity index (χ1n) is 28.7. The number of unbranched alkanes of at least 4 members (excludes halogenated alkanes) is 24. The zero-order valence-corrected chi connectivity index (χ0v) is 45.0. The molecule has 0 N–H and O–H groups in total. The van der Waals surface area contributed by atoms with Gasteiger partial charge in [-0.1, -0.05) is 240 Å². The van der Waals surface area contributed by atoms with Crippen molar-refractivity contribution in [2.24, 2.45) is 0 Å². The number of hydrogen-bond donors (Lipinski definition) is 0. The molecule has 394 valence electrons. The van der Waals surface area contributed by atoms with Crippen molar-refractivity contribution in [2.45, 2.75) is 271 Å². The Balaban J connectivity index is 4.32. The van der Waals surface area contributed by atoms with E-state index >= 15 is 0 Å². The molecular formula is C63H106O6. The topological polar surface area (TPSA) is 78.9 Å². The van der Waals surface area contributed by atoms with Crippen LogP contribution in [0.1, 0.15) is 265 Å². The molecule has 0 fully saturated rings. The molecule has 0 radical (unpaired) electrons. The zero-order valence-electron chi connectivity index (χ0n) is 45.0. The van der Waals surface area contributed by atoms with Crippen molar-refractivity contribution in [3.05, 3.63) is 97.2 Å². The summed E-state index contributed by atoms with van der Waals surface area (Å²) in [6, 6.07) is 0. The number of carbonyl (C=O) groups is 3. The number of allylic oxidation sites excluding steroid dienone is 16. The maximum absolute atomic E-state index is 12.8. The van der Waals surface area contributed by atoms with E-state index in [0.29, 0.717) is 19.3 Å². The number of esters is 3. The standard InChI is InChI=1S/C63H106O6/c1-4-7-10-13-16-19-22-25-26-27-28-29-30-31-32-33-34-35-36-39-41-44-47-50-53-56-62(65)68-59-60(69-63(66)57-54-51-48-45-42-38-24-21-18-15-12-9-6-3)58-67-61(64)55-52-49-46-43-40-37-23-20-17-14-11-8-5-2/h8-9,11-12,17-18,20-21,27-28,37-38,40,42,48,51,60H,4-7,10,13-16,19,22-26,29-36,39,41,43-47,49-50,52-59H2,1-3H3/b11-8-,12-9-,20-17-,21-18-,28-27-,40-37-,42-38-,51-48-. The summed E-state index contributed by atoms with van der Waals surface area (Å²) in [5, 5.41) is 0. The van der Waals surface area contributed by atoms with Gasteiger partial charge in [-0.3, -0.25) is 14.4 Å². The van der Waals surface area contributed by atoms with E-state index in [1.807, 2.05) is 12.2 Å². The average Bonchev–Trinajstić information content (AvgIpc) is 3.35. The van der Waals surface area contributed by atoms with Gasteiger partial charge in [0.1, 0.15) is 13.2 Å². The molecule has 0 heterocycles. The maximum atomic E-state index is 12.8. The molecule has 0 aromatic heterocycles. The molecule has 0 spiro atoms. The van der Waals surface area contributed by atoms with Gasteiger partial charge in [-0.2, -0.15) is 0 Å². The third-order valence-electron chi connectivity index (χ3n) is 12.1. The van der Waals surface area contributed by atoms with Gasteiger partial charge in [-0.25, -0.2) is 0 Å². The van der Waals surface area contributed by atoms with Crippen LogP contribution in [0.4, 0.5) is 0 Å². The van der Waals surface area contributed by atoms with Gasteiger partial charge in [0.15, 0.2) is 6.10 Å². The Morgan fingerprint density at radius 2 is 0.594 bits per heavy atom. The molecule has 0 amide bonds. The van der Waals surface area contributed by atoms with Gasteiger partial charge < -0.3 is 14.2 Å². The largest absolute Gasteiger partial charge is 0.462 e. The third kappa shape index (κ3) is 55.1. The number of ether oxygens (including phenoxy) is 3. The van der Waals surface area contributed by atoms with E-state index in [9.17, 15) is 14.4 Å². The summed E-state index contributed by atoms with van der Waals surface area (Å²) >= 11 is 0. The highest BCUT2D eigenvalue weighted by Crippen LogP contribution is 2.15. The summed E-state index contributed by atoms with van der Waals surface area (Å²) in [6.45, 7) is 6.33. The first kappa shape index (κ1) is 65.3. The van der Waals surface area contributed by atoms with E-state index in [4.69, 9.17) is 14.2 Å². The Labute approximate surface area is 426 Å². The van der Waals surface area contributed by atoms with Crippen molar-refractivity contribution in [1.29, 1.82) is 0 Å². The van der Waals surface area contributed by atoms with Crippen LogP contribution >= 0.6 is 0 Å². The highest BCUT2D eigenvalue weighted by atomic mass is 16.6. The van der Waals surface area contributed by atoms with Crippen LogP contribution in [0.5, 0.6) is 0 Å². The third-order valence-corrected chi connectivity index (χ3v) is 12.1. The van der Waals surface area contributed by atoms with Gasteiger partial charge in [0.25, 0.3) is 0 Å². The first-order chi connectivity index (χ1) is 34.0. The minimum atomic E-state index is -0.828. The van der Waals surface area contributed by atoms with Crippen LogP contribution in [0.3, 0.4) is 0 Å². The molecule has 0 aliphatic carbocycles.